The second kappa shape index (κ2) is 6.48. The van der Waals surface area contributed by atoms with E-state index in [1.165, 1.54) is 23.5 Å². The maximum Gasteiger partial charge on any atom is 0.326 e. The lowest BCUT2D eigenvalue weighted by atomic mass is 10.2. The highest BCUT2D eigenvalue weighted by Crippen LogP contribution is 2.04. The van der Waals surface area contributed by atoms with Gasteiger partial charge in [-0.05, 0) is 12.5 Å². The molecule has 2 N–H and O–H groups in total. The van der Waals surface area contributed by atoms with Gasteiger partial charge in [0, 0.05) is 12.6 Å². The summed E-state index contributed by atoms with van der Waals surface area (Å²) in [6.45, 7) is 3.81. The first-order chi connectivity index (χ1) is 8.54. The van der Waals surface area contributed by atoms with E-state index in [2.05, 4.69) is 11.9 Å². The second-order valence-electron chi connectivity index (χ2n) is 3.85. The van der Waals surface area contributed by atoms with Gasteiger partial charge in [-0.3, -0.25) is 0 Å². The Hall–Kier alpha value is -2.24. The van der Waals surface area contributed by atoms with Gasteiger partial charge in [0.15, 0.2) is 0 Å². The van der Waals surface area contributed by atoms with Crippen LogP contribution >= 0.6 is 0 Å². The molecule has 6 nitrogen and oxygen atoms in total. The minimum Gasteiger partial charge on any atom is -0.480 e. The Bertz CT molecular complexity index is 414. The number of carboxylic acids is 1. The third kappa shape index (κ3) is 3.97. The molecule has 0 fully saturated rings. The molecule has 0 aliphatic carbocycles. The van der Waals surface area contributed by atoms with Gasteiger partial charge in [0.2, 0.25) is 0 Å². The number of furan rings is 1. The van der Waals surface area contributed by atoms with Crippen molar-refractivity contribution in [2.75, 3.05) is 7.05 Å². The number of hydrogen-bond acceptors (Lipinski definition) is 3. The zero-order chi connectivity index (χ0) is 13.5. The average Bonchev–Trinajstić information content (AvgIpc) is 2.80. The molecular formula is C12H16N2O4. The number of aliphatic carboxylic acids is 1. The predicted molar refractivity (Wildman–Crippen MR) is 64.9 cm³/mol. The van der Waals surface area contributed by atoms with Crippen molar-refractivity contribution in [2.24, 2.45) is 0 Å². The molecule has 1 rings (SSSR count). The van der Waals surface area contributed by atoms with E-state index in [-0.39, 0.29) is 6.42 Å². The number of nitrogens with one attached hydrogen (secondary N) is 1. The number of carboxylic acid groups (broad SMARTS) is 1. The predicted octanol–water partition coefficient (Wildman–Crippen LogP) is 1.45. The molecule has 0 spiro atoms. The van der Waals surface area contributed by atoms with Gasteiger partial charge in [-0.25, -0.2) is 9.59 Å². The molecular weight excluding hydrogens is 236 g/mol. The lowest BCUT2D eigenvalue weighted by Crippen LogP contribution is -2.46. The van der Waals surface area contributed by atoms with Crippen LogP contribution in [0.15, 0.2) is 35.7 Å². The van der Waals surface area contributed by atoms with Crippen molar-refractivity contribution in [1.82, 2.24) is 10.2 Å². The number of hydrogen-bond donors (Lipinski definition) is 2. The third-order valence-electron chi connectivity index (χ3n) is 2.34. The Labute approximate surface area is 105 Å². The van der Waals surface area contributed by atoms with Crippen molar-refractivity contribution in [1.29, 1.82) is 0 Å². The van der Waals surface area contributed by atoms with Crippen LogP contribution in [-0.4, -0.2) is 35.1 Å². The smallest absolute Gasteiger partial charge is 0.326 e. The van der Waals surface area contributed by atoms with E-state index in [1.54, 1.807) is 13.1 Å². The standard InChI is InChI=1S/C12H16N2O4/c1-3-4-10(11(15)16)13-12(17)14(2)7-9-5-6-18-8-9/h3,5-6,8,10H,1,4,7H2,2H3,(H,13,17)(H,15,16). The molecule has 0 aromatic carbocycles. The summed E-state index contributed by atoms with van der Waals surface area (Å²) in [5.41, 5.74) is 0.836. The van der Waals surface area contributed by atoms with Crippen LogP contribution in [0.25, 0.3) is 0 Å². The number of urea groups is 1. The molecule has 1 atom stereocenters. The highest BCUT2D eigenvalue weighted by molar-refractivity contribution is 5.82. The van der Waals surface area contributed by atoms with Gasteiger partial charge in [-0.1, -0.05) is 6.08 Å². The summed E-state index contributed by atoms with van der Waals surface area (Å²) in [6.07, 6.45) is 4.68. The van der Waals surface area contributed by atoms with Crippen molar-refractivity contribution >= 4 is 12.0 Å². The van der Waals surface area contributed by atoms with Crippen molar-refractivity contribution < 1.29 is 19.1 Å². The first-order valence-electron chi connectivity index (χ1n) is 5.41. The summed E-state index contributed by atoms with van der Waals surface area (Å²) in [7, 11) is 1.58. The van der Waals surface area contributed by atoms with Gasteiger partial charge < -0.3 is 19.7 Å². The number of carbonyl (C=O) groups is 2. The first kappa shape index (κ1) is 13.8. The molecule has 98 valence electrons. The summed E-state index contributed by atoms with van der Waals surface area (Å²) in [5.74, 6) is -1.08. The zero-order valence-corrected chi connectivity index (χ0v) is 10.1. The van der Waals surface area contributed by atoms with Crippen LogP contribution in [0.3, 0.4) is 0 Å². The molecule has 0 saturated carbocycles. The summed E-state index contributed by atoms with van der Waals surface area (Å²) < 4.78 is 4.89. The average molecular weight is 252 g/mol. The number of amides is 2. The van der Waals surface area contributed by atoms with Gasteiger partial charge in [-0.2, -0.15) is 0 Å². The normalized spacial score (nSPS) is 11.6. The van der Waals surface area contributed by atoms with Crippen LogP contribution in [0.1, 0.15) is 12.0 Å². The monoisotopic (exact) mass is 252 g/mol. The number of carbonyl (C=O) groups excluding carboxylic acids is 1. The van der Waals surface area contributed by atoms with E-state index in [0.29, 0.717) is 6.54 Å². The molecule has 1 aromatic heterocycles. The molecule has 2 amide bonds. The maximum atomic E-state index is 11.7. The summed E-state index contributed by atoms with van der Waals surface area (Å²) >= 11 is 0. The SMILES string of the molecule is C=CCC(NC(=O)N(C)Cc1ccoc1)C(=O)O. The van der Waals surface area contributed by atoms with E-state index in [0.717, 1.165) is 5.56 Å². The van der Waals surface area contributed by atoms with Crippen molar-refractivity contribution in [2.45, 2.75) is 19.0 Å². The van der Waals surface area contributed by atoms with Gasteiger partial charge in [0.1, 0.15) is 6.04 Å². The summed E-state index contributed by atoms with van der Waals surface area (Å²) in [6, 6.07) is 0.328. The molecule has 0 aliphatic heterocycles. The number of rotatable bonds is 6. The molecule has 0 bridgehead atoms. The van der Waals surface area contributed by atoms with E-state index in [1.807, 2.05) is 0 Å². The second-order valence-corrected chi connectivity index (χ2v) is 3.85. The zero-order valence-electron chi connectivity index (χ0n) is 10.1. The highest BCUT2D eigenvalue weighted by Gasteiger charge is 2.20. The van der Waals surface area contributed by atoms with Gasteiger partial charge in [0.05, 0.1) is 19.1 Å². The molecule has 0 saturated heterocycles. The topological polar surface area (TPSA) is 82.8 Å². The van der Waals surface area contributed by atoms with Crippen LogP contribution in [0.5, 0.6) is 0 Å². The fourth-order valence-corrected chi connectivity index (χ4v) is 1.38. The van der Waals surface area contributed by atoms with Crippen LogP contribution in [0.4, 0.5) is 4.79 Å². The Morgan fingerprint density at radius 3 is 2.89 bits per heavy atom. The molecule has 0 aliphatic rings. The molecule has 6 heteroatoms. The lowest BCUT2D eigenvalue weighted by molar-refractivity contribution is -0.139. The Kier molecular flexibility index (Phi) is 4.98. The summed E-state index contributed by atoms with van der Waals surface area (Å²) in [4.78, 5) is 24.0. The maximum absolute atomic E-state index is 11.7. The fourth-order valence-electron chi connectivity index (χ4n) is 1.38. The molecule has 0 radical (unpaired) electrons. The molecule has 1 aromatic rings. The molecule has 18 heavy (non-hydrogen) atoms. The Balaban J connectivity index is 2.52. The van der Waals surface area contributed by atoms with Gasteiger partial charge >= 0.3 is 12.0 Å². The Morgan fingerprint density at radius 1 is 1.67 bits per heavy atom. The van der Waals surface area contributed by atoms with E-state index < -0.39 is 18.0 Å². The van der Waals surface area contributed by atoms with Crippen LogP contribution in [0, 0.1) is 0 Å². The van der Waals surface area contributed by atoms with Crippen LogP contribution < -0.4 is 5.32 Å². The molecule has 1 unspecified atom stereocenters. The van der Waals surface area contributed by atoms with Crippen molar-refractivity contribution in [3.8, 4) is 0 Å². The third-order valence-corrected chi connectivity index (χ3v) is 2.34. The highest BCUT2D eigenvalue weighted by atomic mass is 16.4. The fraction of sp³-hybridized carbons (Fsp3) is 0.333. The van der Waals surface area contributed by atoms with Crippen molar-refractivity contribution in [3.05, 3.63) is 36.8 Å². The lowest BCUT2D eigenvalue weighted by Gasteiger charge is -2.20. The minimum atomic E-state index is -1.08. The minimum absolute atomic E-state index is 0.181. The van der Waals surface area contributed by atoms with E-state index in [9.17, 15) is 9.59 Å². The quantitative estimate of drug-likeness (QED) is 0.751. The number of nitrogens with zero attached hydrogens (tertiary/aromatic N) is 1. The van der Waals surface area contributed by atoms with Crippen molar-refractivity contribution in [3.63, 3.8) is 0 Å². The van der Waals surface area contributed by atoms with E-state index in [4.69, 9.17) is 9.52 Å². The Morgan fingerprint density at radius 2 is 2.39 bits per heavy atom. The summed E-state index contributed by atoms with van der Waals surface area (Å²) in [5, 5.41) is 11.3. The molecule has 1 heterocycles. The largest absolute Gasteiger partial charge is 0.480 e. The van der Waals surface area contributed by atoms with Gasteiger partial charge in [-0.15, -0.1) is 6.58 Å². The first-order valence-corrected chi connectivity index (χ1v) is 5.41. The van der Waals surface area contributed by atoms with Gasteiger partial charge in [0.25, 0.3) is 0 Å². The van der Waals surface area contributed by atoms with Crippen LogP contribution in [0.2, 0.25) is 0 Å². The van der Waals surface area contributed by atoms with Crippen LogP contribution in [-0.2, 0) is 11.3 Å². The van der Waals surface area contributed by atoms with E-state index >= 15 is 0 Å².